The molecule has 3 unspecified atom stereocenters. The van der Waals surface area contributed by atoms with Crippen molar-refractivity contribution in [1.29, 1.82) is 0 Å². The Morgan fingerprint density at radius 2 is 1.74 bits per heavy atom. The number of nitrogens with zero attached hydrogens (tertiary/aromatic N) is 2. The van der Waals surface area contributed by atoms with Crippen molar-refractivity contribution in [2.75, 3.05) is 38.5 Å². The van der Waals surface area contributed by atoms with Crippen LogP contribution in [0.4, 0.5) is 4.39 Å². The van der Waals surface area contributed by atoms with Crippen molar-refractivity contribution in [3.05, 3.63) is 94.8 Å². The molecule has 43 heavy (non-hydrogen) atoms. The first-order valence-electron chi connectivity index (χ1n) is 15.0. The first-order chi connectivity index (χ1) is 20.6. The topological polar surface area (TPSA) is 98.2 Å². The maximum absolute atomic E-state index is 14.9. The van der Waals surface area contributed by atoms with Crippen LogP contribution in [0.3, 0.4) is 0 Å². The summed E-state index contributed by atoms with van der Waals surface area (Å²) >= 11 is 0. The maximum Gasteiger partial charge on any atom is 0.214 e. The van der Waals surface area contributed by atoms with Crippen molar-refractivity contribution in [2.45, 2.75) is 51.9 Å². The lowest BCUT2D eigenvalue weighted by Crippen LogP contribution is -2.50. The molecule has 7 nitrogen and oxygen atoms in total. The van der Waals surface area contributed by atoms with Gasteiger partial charge >= 0.3 is 0 Å². The second-order valence-electron chi connectivity index (χ2n) is 11.4. The smallest absolute Gasteiger partial charge is 0.214 e. The minimum atomic E-state index is -3.80. The lowest BCUT2D eigenvalue weighted by Gasteiger charge is -2.44. The summed E-state index contributed by atoms with van der Waals surface area (Å²) < 4.78 is 44.1. The minimum Gasteiger partial charge on any atom is -0.508 e. The zero-order chi connectivity index (χ0) is 31.1. The molecule has 0 aromatic heterocycles. The van der Waals surface area contributed by atoms with Gasteiger partial charge in [-0.2, -0.15) is 0 Å². The van der Waals surface area contributed by atoms with Crippen LogP contribution in [-0.4, -0.2) is 72.1 Å². The second kappa shape index (κ2) is 14.5. The van der Waals surface area contributed by atoms with Gasteiger partial charge in [-0.05, 0) is 92.8 Å². The van der Waals surface area contributed by atoms with E-state index in [0.29, 0.717) is 29.7 Å². The van der Waals surface area contributed by atoms with Crippen LogP contribution in [0, 0.1) is 24.7 Å². The molecule has 0 saturated carbocycles. The van der Waals surface area contributed by atoms with Gasteiger partial charge in [0.1, 0.15) is 17.3 Å². The van der Waals surface area contributed by atoms with Crippen molar-refractivity contribution in [2.24, 2.45) is 5.92 Å². The van der Waals surface area contributed by atoms with Crippen LogP contribution in [0.5, 0.6) is 11.5 Å². The number of piperidine rings is 1. The van der Waals surface area contributed by atoms with E-state index >= 15 is 0 Å². The normalized spacial score (nSPS) is 19.5. The van der Waals surface area contributed by atoms with Crippen molar-refractivity contribution in [3.8, 4) is 11.5 Å². The van der Waals surface area contributed by atoms with Gasteiger partial charge in [-0.25, -0.2) is 17.1 Å². The largest absolute Gasteiger partial charge is 0.508 e. The zero-order valence-corrected chi connectivity index (χ0v) is 26.0. The Kier molecular flexibility index (Phi) is 11.0. The number of aromatic hydroxyl groups is 2. The van der Waals surface area contributed by atoms with Gasteiger partial charge < -0.3 is 15.1 Å². The molecule has 3 aromatic carbocycles. The van der Waals surface area contributed by atoms with Crippen LogP contribution < -0.4 is 0 Å². The van der Waals surface area contributed by atoms with Gasteiger partial charge in [0, 0.05) is 36.4 Å². The molecule has 0 spiro atoms. The number of rotatable bonds is 13. The molecule has 0 bridgehead atoms. The van der Waals surface area contributed by atoms with E-state index in [1.54, 1.807) is 43.3 Å². The summed E-state index contributed by atoms with van der Waals surface area (Å²) in [6.45, 7) is 8.24. The number of sulfonamides is 1. The van der Waals surface area contributed by atoms with E-state index in [2.05, 4.69) is 24.8 Å². The molecular formula is C34H42FN2O5S. The van der Waals surface area contributed by atoms with Crippen molar-refractivity contribution in [1.82, 2.24) is 9.21 Å². The van der Waals surface area contributed by atoms with E-state index in [0.717, 1.165) is 25.9 Å². The molecule has 1 saturated heterocycles. The third kappa shape index (κ3) is 7.63. The molecule has 0 amide bonds. The Morgan fingerprint density at radius 1 is 1.02 bits per heavy atom. The highest BCUT2D eigenvalue weighted by molar-refractivity contribution is 7.89. The molecule has 1 aliphatic rings. The first kappa shape index (κ1) is 32.6. The molecule has 3 atom stereocenters. The first-order valence-corrected chi connectivity index (χ1v) is 16.7. The predicted octanol–water partition coefficient (Wildman–Crippen LogP) is 5.87. The third-order valence-electron chi connectivity index (χ3n) is 8.43. The average molecular weight is 610 g/mol. The van der Waals surface area contributed by atoms with Gasteiger partial charge in [0.2, 0.25) is 10.0 Å². The lowest BCUT2D eigenvalue weighted by atomic mass is 9.68. The van der Waals surface area contributed by atoms with Crippen molar-refractivity contribution in [3.63, 3.8) is 0 Å². The van der Waals surface area contributed by atoms with Gasteiger partial charge in [-0.1, -0.05) is 50.2 Å². The number of benzene rings is 3. The number of hydrogen-bond donors (Lipinski definition) is 2. The number of ketones is 1. The van der Waals surface area contributed by atoms with E-state index in [9.17, 15) is 27.8 Å². The van der Waals surface area contributed by atoms with Gasteiger partial charge in [-0.15, -0.1) is 0 Å². The van der Waals surface area contributed by atoms with Crippen LogP contribution in [-0.2, 0) is 10.0 Å². The molecule has 1 radical (unpaired) electrons. The monoisotopic (exact) mass is 609 g/mol. The molecule has 1 fully saturated rings. The van der Waals surface area contributed by atoms with E-state index in [1.807, 2.05) is 0 Å². The summed E-state index contributed by atoms with van der Waals surface area (Å²) in [4.78, 5) is 16.5. The van der Waals surface area contributed by atoms with E-state index in [-0.39, 0.29) is 41.7 Å². The van der Waals surface area contributed by atoms with Gasteiger partial charge in [0.25, 0.3) is 0 Å². The number of halogens is 1. The molecular weight excluding hydrogens is 567 g/mol. The summed E-state index contributed by atoms with van der Waals surface area (Å²) in [6, 6.07) is 18.3. The molecule has 231 valence electrons. The molecule has 3 aromatic rings. The van der Waals surface area contributed by atoms with Crippen molar-refractivity contribution >= 4 is 15.8 Å². The van der Waals surface area contributed by atoms with E-state index < -0.39 is 33.6 Å². The van der Waals surface area contributed by atoms with Gasteiger partial charge in [0.15, 0.2) is 5.78 Å². The molecule has 1 aliphatic heterocycles. The maximum atomic E-state index is 14.9. The van der Waals surface area contributed by atoms with Crippen LogP contribution in [0.15, 0.2) is 60.7 Å². The molecule has 4 rings (SSSR count). The Labute approximate surface area is 255 Å². The summed E-state index contributed by atoms with van der Waals surface area (Å²) in [5.41, 5.74) is 1.67. The third-order valence-corrected chi connectivity index (χ3v) is 10.3. The SMILES string of the molecule is CCCN(CCC)CCCS(=O)(=O)N1CC(C(=O)c2cccc(O)c2)C(c2cccc(F)c2C)C(c2cc[c]cc2O)C1. The Bertz CT molecular complexity index is 1510. The molecule has 9 heteroatoms. The Hall–Kier alpha value is -3.27. The van der Waals surface area contributed by atoms with Crippen LogP contribution in [0.2, 0.25) is 0 Å². The standard InChI is InChI=1S/C34H42FN2O5S/c1-4-17-36(18-5-2)19-10-20-43(41,42)37-22-29(28-13-6-7-16-32(28)39)33(27-14-9-15-31(35)24(27)3)30(23-37)34(40)25-11-8-12-26(38)21-25/h6,8-9,11-16,21,29-30,33,38-39H,4-5,10,17-20,22-23H2,1-3H3. The van der Waals surface area contributed by atoms with Crippen LogP contribution in [0.25, 0.3) is 0 Å². The van der Waals surface area contributed by atoms with E-state index in [1.165, 1.54) is 28.6 Å². The fourth-order valence-electron chi connectivity index (χ4n) is 6.39. The Balaban J connectivity index is 1.78. The highest BCUT2D eigenvalue weighted by Crippen LogP contribution is 2.48. The second-order valence-corrected chi connectivity index (χ2v) is 13.5. The van der Waals surface area contributed by atoms with Crippen LogP contribution >= 0.6 is 0 Å². The van der Waals surface area contributed by atoms with Crippen molar-refractivity contribution < 1.29 is 27.8 Å². The number of phenolic OH excluding ortho intramolecular Hbond substituents is 2. The summed E-state index contributed by atoms with van der Waals surface area (Å²) in [6.07, 6.45) is 2.42. The minimum absolute atomic E-state index is 0.0258. The fraction of sp³-hybridized carbons (Fsp3) is 0.441. The summed E-state index contributed by atoms with van der Waals surface area (Å²) in [5, 5.41) is 21.1. The summed E-state index contributed by atoms with van der Waals surface area (Å²) in [5.74, 6) is -3.20. The predicted molar refractivity (Wildman–Crippen MR) is 166 cm³/mol. The summed E-state index contributed by atoms with van der Waals surface area (Å²) in [7, 11) is -3.80. The number of Topliss-reactive ketones (excluding diaryl/α,β-unsaturated/α-hetero) is 1. The van der Waals surface area contributed by atoms with Crippen LogP contribution in [0.1, 0.15) is 72.0 Å². The zero-order valence-electron chi connectivity index (χ0n) is 25.2. The van der Waals surface area contributed by atoms with E-state index in [4.69, 9.17) is 0 Å². The number of carbonyl (C=O) groups excluding carboxylic acids is 1. The quantitative estimate of drug-likeness (QED) is 0.235. The highest BCUT2D eigenvalue weighted by Gasteiger charge is 2.46. The molecule has 2 N–H and O–H groups in total. The molecule has 0 aliphatic carbocycles. The number of carbonyl (C=O) groups is 1. The fourth-order valence-corrected chi connectivity index (χ4v) is 7.92. The van der Waals surface area contributed by atoms with Gasteiger partial charge in [0.05, 0.1) is 5.75 Å². The number of hydrogen-bond acceptors (Lipinski definition) is 6. The van der Waals surface area contributed by atoms with Gasteiger partial charge in [-0.3, -0.25) is 4.79 Å². The average Bonchev–Trinajstić information content (AvgIpc) is 2.98. The highest BCUT2D eigenvalue weighted by atomic mass is 32.2. The Morgan fingerprint density at radius 3 is 2.42 bits per heavy atom. The molecule has 1 heterocycles. The number of phenols is 2. The lowest BCUT2D eigenvalue weighted by molar-refractivity contribution is 0.0824.